The molecule has 1 saturated heterocycles. The molecule has 0 bridgehead atoms. The Kier molecular flexibility index (Phi) is 12.9. The minimum atomic E-state index is -4.69. The number of amides is 2. The van der Waals surface area contributed by atoms with E-state index in [0.717, 1.165) is 37.8 Å². The summed E-state index contributed by atoms with van der Waals surface area (Å²) in [4.78, 5) is 63.6. The lowest BCUT2D eigenvalue weighted by Gasteiger charge is -2.31. The van der Waals surface area contributed by atoms with Crippen molar-refractivity contribution in [1.29, 1.82) is 0 Å². The molecule has 3 N–H and O–H groups in total. The molecule has 0 unspecified atom stereocenters. The van der Waals surface area contributed by atoms with Gasteiger partial charge in [-0.25, -0.2) is 9.59 Å². The quantitative estimate of drug-likeness (QED) is 0.126. The van der Waals surface area contributed by atoms with Gasteiger partial charge in [-0.15, -0.1) is 0 Å². The van der Waals surface area contributed by atoms with Crippen LogP contribution in [0.15, 0.2) is 42.0 Å². The van der Waals surface area contributed by atoms with E-state index in [4.69, 9.17) is 18.9 Å². The fourth-order valence-corrected chi connectivity index (χ4v) is 6.55. The standard InChI is InChI=1S/C38H47F3N2O11/c1-36(2,3)53-32(47)15-13-26(20-44)43-30(45)16-17-42-34(48)23-18-28(33-29(19-23)52-38(54-33,24-9-10-24)25-11-12-25)51-35(49)27-7-5-4-6-22(27)8-14-31(46)50-21-37(39,40)41/h4-8,14,19,24-26,28-29,33,44H,9-13,15-18,20-21H2,1-3H3,(H,42,48)(H,43,45)/t26-,28+,29+,33-/m0/s1. The number of aliphatic hydroxyl groups is 1. The molecule has 296 valence electrons. The van der Waals surface area contributed by atoms with Crippen molar-refractivity contribution in [3.05, 3.63) is 53.1 Å². The molecule has 1 aromatic rings. The third-order valence-corrected chi connectivity index (χ3v) is 9.26. The van der Waals surface area contributed by atoms with E-state index in [2.05, 4.69) is 15.4 Å². The van der Waals surface area contributed by atoms with Crippen molar-refractivity contribution in [2.24, 2.45) is 11.8 Å². The molecule has 1 aromatic carbocycles. The van der Waals surface area contributed by atoms with Gasteiger partial charge in [-0.1, -0.05) is 18.2 Å². The highest BCUT2D eigenvalue weighted by Crippen LogP contribution is 2.59. The van der Waals surface area contributed by atoms with E-state index in [1.807, 2.05) is 0 Å². The zero-order valence-corrected chi connectivity index (χ0v) is 30.4. The van der Waals surface area contributed by atoms with E-state index >= 15 is 0 Å². The maximum atomic E-state index is 13.6. The first-order valence-electron chi connectivity index (χ1n) is 18.1. The van der Waals surface area contributed by atoms with Crippen LogP contribution in [-0.4, -0.2) is 96.5 Å². The molecule has 5 rings (SSSR count). The monoisotopic (exact) mass is 764 g/mol. The lowest BCUT2D eigenvalue weighted by molar-refractivity contribution is -0.209. The topological polar surface area (TPSA) is 176 Å². The second-order valence-electron chi connectivity index (χ2n) is 15.0. The molecule has 0 aromatic heterocycles. The molecule has 4 aliphatic rings. The SMILES string of the molecule is CC(C)(C)OC(=O)CC[C@@H](CO)NC(=O)CCNC(=O)C1=C[C@H]2OC(C3CC3)(C3CC3)O[C@H]2[C@H](OC(=O)c2ccccc2C=CC(=O)OCC(F)(F)F)C1. The number of hydrogen-bond acceptors (Lipinski definition) is 11. The van der Waals surface area contributed by atoms with Gasteiger partial charge in [0.25, 0.3) is 0 Å². The predicted molar refractivity (Wildman–Crippen MR) is 184 cm³/mol. The number of nitrogens with one attached hydrogen (secondary N) is 2. The summed E-state index contributed by atoms with van der Waals surface area (Å²) in [5, 5.41) is 15.1. The Morgan fingerprint density at radius 2 is 1.70 bits per heavy atom. The molecule has 2 amide bonds. The summed E-state index contributed by atoms with van der Waals surface area (Å²) in [5.74, 6) is -3.99. The Labute approximate surface area is 310 Å². The van der Waals surface area contributed by atoms with Gasteiger partial charge in [0.1, 0.15) is 23.9 Å². The number of carbonyl (C=O) groups excluding carboxylic acids is 5. The lowest BCUT2D eigenvalue weighted by atomic mass is 9.91. The Bertz CT molecular complexity index is 1620. The van der Waals surface area contributed by atoms with Gasteiger partial charge in [0.05, 0.1) is 18.2 Å². The molecule has 4 atom stereocenters. The summed E-state index contributed by atoms with van der Waals surface area (Å²) in [6.07, 6.45) is 0.169. The number of ether oxygens (including phenoxy) is 5. The summed E-state index contributed by atoms with van der Waals surface area (Å²) in [6, 6.07) is 5.35. The second-order valence-corrected chi connectivity index (χ2v) is 15.0. The van der Waals surface area contributed by atoms with Crippen molar-refractivity contribution in [3.63, 3.8) is 0 Å². The van der Waals surface area contributed by atoms with Gasteiger partial charge >= 0.3 is 24.1 Å². The first kappa shape index (κ1) is 40.9. The number of rotatable bonds is 16. The lowest BCUT2D eigenvalue weighted by Crippen LogP contribution is -2.44. The van der Waals surface area contributed by atoms with Crippen LogP contribution in [0.2, 0.25) is 0 Å². The van der Waals surface area contributed by atoms with Crippen LogP contribution >= 0.6 is 0 Å². The smallest absolute Gasteiger partial charge is 0.422 e. The normalized spacial score (nSPS) is 22.8. The average molecular weight is 765 g/mol. The van der Waals surface area contributed by atoms with Crippen molar-refractivity contribution >= 4 is 35.8 Å². The summed E-state index contributed by atoms with van der Waals surface area (Å²) in [5.41, 5.74) is -0.200. The molecular formula is C38H47F3N2O11. The van der Waals surface area contributed by atoms with Crippen molar-refractivity contribution < 1.29 is 65.9 Å². The molecule has 0 radical (unpaired) electrons. The summed E-state index contributed by atoms with van der Waals surface area (Å²) >= 11 is 0. The number of hydrogen-bond donors (Lipinski definition) is 3. The van der Waals surface area contributed by atoms with Gasteiger partial charge < -0.3 is 39.4 Å². The van der Waals surface area contributed by atoms with Gasteiger partial charge in [0, 0.05) is 49.3 Å². The predicted octanol–water partition coefficient (Wildman–Crippen LogP) is 4.07. The van der Waals surface area contributed by atoms with Crippen molar-refractivity contribution in [2.75, 3.05) is 19.8 Å². The van der Waals surface area contributed by atoms with Gasteiger partial charge in [-0.2, -0.15) is 13.2 Å². The largest absolute Gasteiger partial charge is 0.460 e. The van der Waals surface area contributed by atoms with E-state index in [0.29, 0.717) is 0 Å². The number of aliphatic hydroxyl groups excluding tert-OH is 1. The molecular weight excluding hydrogens is 717 g/mol. The molecule has 1 heterocycles. The molecule has 0 spiro atoms. The van der Waals surface area contributed by atoms with Gasteiger partial charge in [0.15, 0.2) is 12.4 Å². The van der Waals surface area contributed by atoms with Gasteiger partial charge in [0.2, 0.25) is 11.8 Å². The van der Waals surface area contributed by atoms with E-state index in [1.54, 1.807) is 39.0 Å². The van der Waals surface area contributed by atoms with Crippen LogP contribution in [0.5, 0.6) is 0 Å². The summed E-state index contributed by atoms with van der Waals surface area (Å²) in [6.45, 7) is 3.01. The van der Waals surface area contributed by atoms with E-state index in [9.17, 15) is 42.3 Å². The van der Waals surface area contributed by atoms with E-state index in [-0.39, 0.29) is 60.8 Å². The van der Waals surface area contributed by atoms with Gasteiger partial charge in [-0.3, -0.25) is 14.4 Å². The Morgan fingerprint density at radius 1 is 1.02 bits per heavy atom. The van der Waals surface area contributed by atoms with Crippen LogP contribution < -0.4 is 10.6 Å². The van der Waals surface area contributed by atoms with E-state index < -0.39 is 84.9 Å². The fourth-order valence-electron chi connectivity index (χ4n) is 6.55. The molecule has 2 saturated carbocycles. The maximum Gasteiger partial charge on any atom is 0.422 e. The molecule has 16 heteroatoms. The van der Waals surface area contributed by atoms with Crippen LogP contribution in [0, 0.1) is 11.8 Å². The third kappa shape index (κ3) is 11.4. The van der Waals surface area contributed by atoms with Crippen LogP contribution in [0.1, 0.15) is 88.1 Å². The number of fused-ring (bicyclic) bond motifs is 1. The highest BCUT2D eigenvalue weighted by Gasteiger charge is 2.64. The molecule has 3 aliphatic carbocycles. The Balaban J connectivity index is 1.22. The highest BCUT2D eigenvalue weighted by molar-refractivity contribution is 5.97. The van der Waals surface area contributed by atoms with Crippen LogP contribution in [0.4, 0.5) is 13.2 Å². The second kappa shape index (κ2) is 17.0. The maximum absolute atomic E-state index is 13.6. The van der Waals surface area contributed by atoms with Crippen molar-refractivity contribution in [1.82, 2.24) is 10.6 Å². The Morgan fingerprint density at radius 3 is 2.33 bits per heavy atom. The van der Waals surface area contributed by atoms with Gasteiger partial charge in [-0.05, 0) is 76.7 Å². The zero-order chi connectivity index (χ0) is 39.3. The summed E-state index contributed by atoms with van der Waals surface area (Å²) < 4.78 is 66.0. The van der Waals surface area contributed by atoms with Crippen LogP contribution in [0.25, 0.3) is 6.08 Å². The van der Waals surface area contributed by atoms with Crippen LogP contribution in [-0.2, 0) is 42.9 Å². The highest BCUT2D eigenvalue weighted by atomic mass is 19.4. The number of alkyl halides is 3. The molecule has 13 nitrogen and oxygen atoms in total. The molecule has 3 fully saturated rings. The molecule has 1 aliphatic heterocycles. The number of carbonyl (C=O) groups is 5. The number of esters is 3. The first-order chi connectivity index (χ1) is 25.5. The number of halogens is 3. The minimum absolute atomic E-state index is 0.00157. The number of benzene rings is 1. The van der Waals surface area contributed by atoms with Crippen molar-refractivity contribution in [3.8, 4) is 0 Å². The summed E-state index contributed by atoms with van der Waals surface area (Å²) in [7, 11) is 0. The van der Waals surface area contributed by atoms with Crippen LogP contribution in [0.3, 0.4) is 0 Å². The van der Waals surface area contributed by atoms with Crippen molar-refractivity contribution in [2.45, 2.75) is 114 Å². The first-order valence-corrected chi connectivity index (χ1v) is 18.1. The minimum Gasteiger partial charge on any atom is -0.460 e. The average Bonchev–Trinajstić information content (AvgIpc) is 4.04. The molecule has 54 heavy (non-hydrogen) atoms. The van der Waals surface area contributed by atoms with E-state index in [1.165, 1.54) is 12.1 Å². The third-order valence-electron chi connectivity index (χ3n) is 9.26. The Hall–Kier alpha value is -4.28. The zero-order valence-electron chi connectivity index (χ0n) is 30.4. The fraction of sp³-hybridized carbons (Fsp3) is 0.605.